The summed E-state index contributed by atoms with van der Waals surface area (Å²) in [6, 6.07) is 8.33. The lowest BCUT2D eigenvalue weighted by Crippen LogP contribution is -2.05. The van der Waals surface area contributed by atoms with Gasteiger partial charge in [0.1, 0.15) is 0 Å². The van der Waals surface area contributed by atoms with Crippen LogP contribution in [0.3, 0.4) is 0 Å². The molecule has 0 spiro atoms. The van der Waals surface area contributed by atoms with Crippen molar-refractivity contribution in [2.45, 2.75) is 19.9 Å². The molecule has 1 aromatic carbocycles. The average molecular weight is 186 g/mol. The Morgan fingerprint density at radius 3 is 2.86 bits per heavy atom. The number of nitrogens with zero attached hydrogens (tertiary/aromatic N) is 1. The molecule has 1 heterocycles. The number of benzene rings is 1. The van der Waals surface area contributed by atoms with Crippen LogP contribution in [-0.4, -0.2) is 4.98 Å². The van der Waals surface area contributed by atoms with E-state index >= 15 is 0 Å². The predicted molar refractivity (Wildman–Crippen MR) is 59.1 cm³/mol. The fraction of sp³-hybridized carbons (Fsp3) is 0.250. The van der Waals surface area contributed by atoms with Gasteiger partial charge in [0.15, 0.2) is 0 Å². The van der Waals surface area contributed by atoms with Crippen molar-refractivity contribution in [2.75, 3.05) is 0 Å². The number of hydrogen-bond donors (Lipinski definition) is 1. The van der Waals surface area contributed by atoms with Crippen LogP contribution in [-0.2, 0) is 0 Å². The highest BCUT2D eigenvalue weighted by Gasteiger charge is 2.04. The third-order valence-corrected chi connectivity index (χ3v) is 2.42. The van der Waals surface area contributed by atoms with Crippen molar-refractivity contribution in [1.82, 2.24) is 4.98 Å². The van der Waals surface area contributed by atoms with E-state index in [-0.39, 0.29) is 6.04 Å². The molecule has 0 bridgehead atoms. The molecule has 0 aliphatic heterocycles. The van der Waals surface area contributed by atoms with Crippen LogP contribution in [0.15, 0.2) is 30.5 Å². The maximum atomic E-state index is 5.91. The van der Waals surface area contributed by atoms with E-state index in [0.29, 0.717) is 0 Å². The molecular weight excluding hydrogens is 172 g/mol. The van der Waals surface area contributed by atoms with Crippen LogP contribution >= 0.6 is 0 Å². The topological polar surface area (TPSA) is 38.9 Å². The van der Waals surface area contributed by atoms with Crippen molar-refractivity contribution < 1.29 is 0 Å². The molecule has 0 saturated heterocycles. The van der Waals surface area contributed by atoms with Crippen LogP contribution in [0.4, 0.5) is 0 Å². The Morgan fingerprint density at radius 2 is 2.14 bits per heavy atom. The third-order valence-electron chi connectivity index (χ3n) is 2.42. The maximum absolute atomic E-state index is 5.91. The molecule has 2 N–H and O–H groups in total. The Morgan fingerprint density at radius 1 is 1.36 bits per heavy atom. The average Bonchev–Trinajstić information content (AvgIpc) is 2.16. The minimum absolute atomic E-state index is 0.0699. The molecule has 1 unspecified atom stereocenters. The van der Waals surface area contributed by atoms with Crippen LogP contribution in [0.25, 0.3) is 10.8 Å². The van der Waals surface area contributed by atoms with Gasteiger partial charge in [0.2, 0.25) is 0 Å². The molecule has 0 saturated carbocycles. The van der Waals surface area contributed by atoms with Gasteiger partial charge in [-0.25, -0.2) is 0 Å². The highest BCUT2D eigenvalue weighted by Crippen LogP contribution is 2.22. The van der Waals surface area contributed by atoms with E-state index in [1.54, 1.807) is 0 Å². The summed E-state index contributed by atoms with van der Waals surface area (Å²) in [6.07, 6.45) is 1.90. The zero-order chi connectivity index (χ0) is 10.1. The quantitative estimate of drug-likeness (QED) is 0.743. The number of aromatic nitrogens is 1. The van der Waals surface area contributed by atoms with Gasteiger partial charge in [-0.1, -0.05) is 18.2 Å². The molecule has 1 atom stereocenters. The maximum Gasteiger partial charge on any atom is 0.0379 e. The Bertz CT molecular complexity index is 461. The Labute approximate surface area is 83.8 Å². The summed E-state index contributed by atoms with van der Waals surface area (Å²) in [5.41, 5.74) is 8.13. The summed E-state index contributed by atoms with van der Waals surface area (Å²) < 4.78 is 0. The van der Waals surface area contributed by atoms with E-state index in [9.17, 15) is 0 Å². The van der Waals surface area contributed by atoms with Crippen molar-refractivity contribution in [2.24, 2.45) is 5.73 Å². The van der Waals surface area contributed by atoms with E-state index in [1.807, 2.05) is 26.1 Å². The number of rotatable bonds is 1. The van der Waals surface area contributed by atoms with Crippen LogP contribution in [0.2, 0.25) is 0 Å². The molecule has 2 rings (SSSR count). The summed E-state index contributed by atoms with van der Waals surface area (Å²) in [5, 5.41) is 2.38. The monoisotopic (exact) mass is 186 g/mol. The van der Waals surface area contributed by atoms with E-state index < -0.39 is 0 Å². The van der Waals surface area contributed by atoms with Crippen LogP contribution in [0.5, 0.6) is 0 Å². The fourth-order valence-electron chi connectivity index (χ4n) is 1.70. The fourth-order valence-corrected chi connectivity index (χ4v) is 1.70. The second kappa shape index (κ2) is 3.39. The summed E-state index contributed by atoms with van der Waals surface area (Å²) in [4.78, 5) is 4.27. The lowest BCUT2D eigenvalue weighted by molar-refractivity contribution is 0.826. The highest BCUT2D eigenvalue weighted by molar-refractivity contribution is 5.85. The minimum atomic E-state index is 0.0699. The van der Waals surface area contributed by atoms with E-state index in [4.69, 9.17) is 5.73 Å². The first-order chi connectivity index (χ1) is 6.68. The molecule has 0 fully saturated rings. The van der Waals surface area contributed by atoms with Gasteiger partial charge in [0.25, 0.3) is 0 Å². The van der Waals surface area contributed by atoms with Crippen LogP contribution in [0.1, 0.15) is 24.2 Å². The summed E-state index contributed by atoms with van der Waals surface area (Å²) in [5.74, 6) is 0. The lowest BCUT2D eigenvalue weighted by atomic mass is 10.0. The Balaban J connectivity index is 2.77. The van der Waals surface area contributed by atoms with Crippen molar-refractivity contribution in [3.8, 4) is 0 Å². The molecule has 0 aliphatic rings. The van der Waals surface area contributed by atoms with E-state index in [2.05, 4.69) is 23.2 Å². The normalized spacial score (nSPS) is 13.1. The zero-order valence-corrected chi connectivity index (χ0v) is 8.49. The second-order valence-electron chi connectivity index (χ2n) is 3.68. The van der Waals surface area contributed by atoms with Gasteiger partial charge in [-0.2, -0.15) is 0 Å². The van der Waals surface area contributed by atoms with Crippen molar-refractivity contribution >= 4 is 10.8 Å². The zero-order valence-electron chi connectivity index (χ0n) is 8.49. The number of pyridine rings is 1. The minimum Gasteiger partial charge on any atom is -0.324 e. The summed E-state index contributed by atoms with van der Waals surface area (Å²) in [7, 11) is 0. The van der Waals surface area contributed by atoms with Crippen molar-refractivity contribution in [3.63, 3.8) is 0 Å². The number of hydrogen-bond acceptors (Lipinski definition) is 2. The van der Waals surface area contributed by atoms with Gasteiger partial charge in [-0.15, -0.1) is 0 Å². The van der Waals surface area contributed by atoms with Gasteiger partial charge in [0.05, 0.1) is 0 Å². The van der Waals surface area contributed by atoms with Gasteiger partial charge < -0.3 is 5.73 Å². The lowest BCUT2D eigenvalue weighted by Gasteiger charge is -2.09. The molecule has 1 aromatic heterocycles. The molecule has 2 nitrogen and oxygen atoms in total. The molecule has 14 heavy (non-hydrogen) atoms. The molecular formula is C12H14N2. The SMILES string of the molecule is Cc1cc2c(C(C)N)cccc2cn1. The van der Waals surface area contributed by atoms with Crippen LogP contribution in [0, 0.1) is 6.92 Å². The largest absolute Gasteiger partial charge is 0.324 e. The van der Waals surface area contributed by atoms with E-state index in [0.717, 1.165) is 11.1 Å². The third kappa shape index (κ3) is 1.49. The Kier molecular flexibility index (Phi) is 2.22. The summed E-state index contributed by atoms with van der Waals surface area (Å²) >= 11 is 0. The van der Waals surface area contributed by atoms with Gasteiger partial charge in [-0.05, 0) is 30.9 Å². The molecule has 0 radical (unpaired) electrons. The molecule has 0 aliphatic carbocycles. The molecule has 2 aromatic rings. The molecule has 2 heteroatoms. The molecule has 72 valence electrons. The van der Waals surface area contributed by atoms with Crippen molar-refractivity contribution in [3.05, 3.63) is 41.7 Å². The van der Waals surface area contributed by atoms with Gasteiger partial charge in [0, 0.05) is 23.3 Å². The smallest absolute Gasteiger partial charge is 0.0379 e. The molecule has 0 amide bonds. The predicted octanol–water partition coefficient (Wildman–Crippen LogP) is 2.56. The standard InChI is InChI=1S/C12H14N2/c1-8-6-12-10(7-14-8)4-3-5-11(12)9(2)13/h3-7,9H,13H2,1-2H3. The summed E-state index contributed by atoms with van der Waals surface area (Å²) in [6.45, 7) is 4.00. The van der Waals surface area contributed by atoms with E-state index in [1.165, 1.54) is 10.9 Å². The second-order valence-corrected chi connectivity index (χ2v) is 3.68. The first kappa shape index (κ1) is 9.16. The first-order valence-electron chi connectivity index (χ1n) is 4.79. The van der Waals surface area contributed by atoms with Crippen LogP contribution < -0.4 is 5.73 Å². The number of fused-ring (bicyclic) bond motifs is 1. The van der Waals surface area contributed by atoms with Gasteiger partial charge in [-0.3, -0.25) is 4.98 Å². The number of nitrogens with two attached hydrogens (primary N) is 1. The first-order valence-corrected chi connectivity index (χ1v) is 4.79. The number of aryl methyl sites for hydroxylation is 1. The van der Waals surface area contributed by atoms with Crippen molar-refractivity contribution in [1.29, 1.82) is 0 Å². The van der Waals surface area contributed by atoms with Gasteiger partial charge >= 0.3 is 0 Å². The highest BCUT2D eigenvalue weighted by atomic mass is 14.7. The Hall–Kier alpha value is -1.41.